The SMILES string of the molecule is CCOc1ncc2c(n1)CN(C(=O)OC(C)(C)C)C2. The molecule has 0 saturated carbocycles. The Labute approximate surface area is 112 Å². The molecule has 1 aromatic rings. The summed E-state index contributed by atoms with van der Waals surface area (Å²) in [5.74, 6) is 0. The van der Waals surface area contributed by atoms with Crippen molar-refractivity contribution in [1.82, 2.24) is 14.9 Å². The number of amides is 1. The van der Waals surface area contributed by atoms with Crippen LogP contribution in [0.1, 0.15) is 39.0 Å². The van der Waals surface area contributed by atoms with Gasteiger partial charge in [0.1, 0.15) is 5.60 Å². The van der Waals surface area contributed by atoms with Crippen molar-refractivity contribution in [3.8, 4) is 6.01 Å². The average Bonchev–Trinajstić information content (AvgIpc) is 2.70. The minimum Gasteiger partial charge on any atom is -0.464 e. The molecule has 0 bridgehead atoms. The first kappa shape index (κ1) is 13.6. The van der Waals surface area contributed by atoms with Gasteiger partial charge in [0.2, 0.25) is 0 Å². The van der Waals surface area contributed by atoms with Gasteiger partial charge in [-0.15, -0.1) is 0 Å². The third-order valence-electron chi connectivity index (χ3n) is 2.56. The van der Waals surface area contributed by atoms with Crippen LogP contribution >= 0.6 is 0 Å². The van der Waals surface area contributed by atoms with E-state index in [9.17, 15) is 4.79 Å². The molecular formula is C13H19N3O3. The normalized spacial score (nSPS) is 14.2. The summed E-state index contributed by atoms with van der Waals surface area (Å²) in [6, 6.07) is 0.354. The fraction of sp³-hybridized carbons (Fsp3) is 0.615. The smallest absolute Gasteiger partial charge is 0.410 e. The van der Waals surface area contributed by atoms with E-state index in [0.717, 1.165) is 11.3 Å². The minimum atomic E-state index is -0.492. The third kappa shape index (κ3) is 3.33. The molecule has 0 N–H and O–H groups in total. The number of aromatic nitrogens is 2. The van der Waals surface area contributed by atoms with E-state index in [1.165, 1.54) is 0 Å². The maximum atomic E-state index is 12.0. The zero-order chi connectivity index (χ0) is 14.0. The summed E-state index contributed by atoms with van der Waals surface area (Å²) >= 11 is 0. The molecule has 0 radical (unpaired) electrons. The molecule has 0 aliphatic carbocycles. The number of nitrogens with zero attached hydrogens (tertiary/aromatic N) is 3. The second-order valence-corrected chi connectivity index (χ2v) is 5.39. The molecule has 1 amide bonds. The fourth-order valence-electron chi connectivity index (χ4n) is 1.79. The molecule has 6 heteroatoms. The highest BCUT2D eigenvalue weighted by molar-refractivity contribution is 5.69. The van der Waals surface area contributed by atoms with Crippen molar-refractivity contribution in [3.63, 3.8) is 0 Å². The Hall–Kier alpha value is -1.85. The summed E-state index contributed by atoms with van der Waals surface area (Å²) in [6.45, 7) is 8.87. The topological polar surface area (TPSA) is 64.6 Å². The molecule has 0 fully saturated rings. The largest absolute Gasteiger partial charge is 0.464 e. The van der Waals surface area contributed by atoms with Gasteiger partial charge in [-0.1, -0.05) is 0 Å². The van der Waals surface area contributed by atoms with Crippen LogP contribution in [-0.2, 0) is 17.8 Å². The molecule has 0 saturated heterocycles. The third-order valence-corrected chi connectivity index (χ3v) is 2.56. The van der Waals surface area contributed by atoms with E-state index >= 15 is 0 Å². The molecule has 0 spiro atoms. The Morgan fingerprint density at radius 3 is 2.79 bits per heavy atom. The van der Waals surface area contributed by atoms with Crippen LogP contribution in [0.3, 0.4) is 0 Å². The van der Waals surface area contributed by atoms with Crippen LogP contribution in [0.15, 0.2) is 6.20 Å². The van der Waals surface area contributed by atoms with Gasteiger partial charge in [0.15, 0.2) is 0 Å². The quantitative estimate of drug-likeness (QED) is 0.819. The van der Waals surface area contributed by atoms with Crippen molar-refractivity contribution >= 4 is 6.09 Å². The number of hydrogen-bond donors (Lipinski definition) is 0. The van der Waals surface area contributed by atoms with Crippen LogP contribution in [0, 0.1) is 0 Å². The predicted octanol–water partition coefficient (Wildman–Crippen LogP) is 2.13. The number of ether oxygens (including phenoxy) is 2. The molecule has 1 aliphatic heterocycles. The van der Waals surface area contributed by atoms with Crippen molar-refractivity contribution in [2.24, 2.45) is 0 Å². The molecule has 0 aromatic carbocycles. The van der Waals surface area contributed by atoms with Gasteiger partial charge in [0.25, 0.3) is 0 Å². The second-order valence-electron chi connectivity index (χ2n) is 5.39. The number of rotatable bonds is 2. The van der Waals surface area contributed by atoms with Gasteiger partial charge >= 0.3 is 12.1 Å². The molecule has 19 heavy (non-hydrogen) atoms. The van der Waals surface area contributed by atoms with Gasteiger partial charge < -0.3 is 9.47 Å². The van der Waals surface area contributed by atoms with E-state index in [-0.39, 0.29) is 6.09 Å². The van der Waals surface area contributed by atoms with Crippen LogP contribution in [0.2, 0.25) is 0 Å². The first-order valence-corrected chi connectivity index (χ1v) is 6.34. The van der Waals surface area contributed by atoms with Gasteiger partial charge in [-0.25, -0.2) is 9.78 Å². The first-order chi connectivity index (χ1) is 8.89. The summed E-state index contributed by atoms with van der Waals surface area (Å²) in [7, 11) is 0. The van der Waals surface area contributed by atoms with Crippen LogP contribution in [0.25, 0.3) is 0 Å². The Morgan fingerprint density at radius 2 is 2.16 bits per heavy atom. The molecule has 1 aromatic heterocycles. The number of hydrogen-bond acceptors (Lipinski definition) is 5. The Bertz CT molecular complexity index is 483. The van der Waals surface area contributed by atoms with Gasteiger partial charge in [0, 0.05) is 11.8 Å². The Kier molecular flexibility index (Phi) is 3.59. The van der Waals surface area contributed by atoms with E-state index in [1.807, 2.05) is 27.7 Å². The highest BCUT2D eigenvalue weighted by Crippen LogP contribution is 2.23. The van der Waals surface area contributed by atoms with Crippen molar-refractivity contribution < 1.29 is 14.3 Å². The molecular weight excluding hydrogens is 246 g/mol. The van der Waals surface area contributed by atoms with Crippen LogP contribution in [-0.4, -0.2) is 33.2 Å². The van der Waals surface area contributed by atoms with Gasteiger partial charge in [0.05, 0.1) is 25.4 Å². The van der Waals surface area contributed by atoms with Crippen LogP contribution < -0.4 is 4.74 Å². The molecule has 2 heterocycles. The highest BCUT2D eigenvalue weighted by atomic mass is 16.6. The lowest BCUT2D eigenvalue weighted by Gasteiger charge is -2.23. The molecule has 104 valence electrons. The molecule has 0 atom stereocenters. The molecule has 0 unspecified atom stereocenters. The highest BCUT2D eigenvalue weighted by Gasteiger charge is 2.29. The monoisotopic (exact) mass is 265 g/mol. The molecule has 1 aliphatic rings. The van der Waals surface area contributed by atoms with E-state index < -0.39 is 5.60 Å². The maximum Gasteiger partial charge on any atom is 0.410 e. The molecule has 6 nitrogen and oxygen atoms in total. The zero-order valence-corrected chi connectivity index (χ0v) is 11.8. The minimum absolute atomic E-state index is 0.330. The van der Waals surface area contributed by atoms with Crippen LogP contribution in [0.5, 0.6) is 6.01 Å². The summed E-state index contributed by atoms with van der Waals surface area (Å²) in [4.78, 5) is 22.0. The lowest BCUT2D eigenvalue weighted by atomic mass is 10.2. The first-order valence-electron chi connectivity index (χ1n) is 6.34. The average molecular weight is 265 g/mol. The summed E-state index contributed by atoms with van der Waals surface area (Å²) in [6.07, 6.45) is 1.38. The maximum absolute atomic E-state index is 12.0. The second kappa shape index (κ2) is 5.03. The fourth-order valence-corrected chi connectivity index (χ4v) is 1.79. The van der Waals surface area contributed by atoms with Crippen molar-refractivity contribution in [2.75, 3.05) is 6.61 Å². The number of fused-ring (bicyclic) bond motifs is 1. The summed E-state index contributed by atoms with van der Waals surface area (Å²) in [5.41, 5.74) is 1.27. The van der Waals surface area contributed by atoms with Crippen molar-refractivity contribution in [3.05, 3.63) is 17.5 Å². The molecule has 2 rings (SSSR count). The lowest BCUT2D eigenvalue weighted by Crippen LogP contribution is -2.33. The Balaban J connectivity index is 2.05. The van der Waals surface area contributed by atoms with Crippen molar-refractivity contribution in [1.29, 1.82) is 0 Å². The zero-order valence-electron chi connectivity index (χ0n) is 11.8. The van der Waals surface area contributed by atoms with E-state index in [4.69, 9.17) is 9.47 Å². The predicted molar refractivity (Wildman–Crippen MR) is 68.7 cm³/mol. The van der Waals surface area contributed by atoms with E-state index in [0.29, 0.717) is 25.7 Å². The van der Waals surface area contributed by atoms with Crippen molar-refractivity contribution in [2.45, 2.75) is 46.4 Å². The van der Waals surface area contributed by atoms with Gasteiger partial charge in [-0.2, -0.15) is 4.98 Å². The van der Waals surface area contributed by atoms with Gasteiger partial charge in [-0.05, 0) is 27.7 Å². The Morgan fingerprint density at radius 1 is 1.42 bits per heavy atom. The standard InChI is InChI=1S/C13H19N3O3/c1-5-18-11-14-6-9-7-16(8-10(9)15-11)12(17)19-13(2,3)4/h6H,5,7-8H2,1-4H3. The summed E-state index contributed by atoms with van der Waals surface area (Å²) in [5, 5.41) is 0. The number of carbonyl (C=O) groups excluding carboxylic acids is 1. The van der Waals surface area contributed by atoms with E-state index in [2.05, 4.69) is 9.97 Å². The number of carbonyl (C=O) groups is 1. The summed E-state index contributed by atoms with van der Waals surface area (Å²) < 4.78 is 10.6. The van der Waals surface area contributed by atoms with Crippen LogP contribution in [0.4, 0.5) is 4.79 Å². The lowest BCUT2D eigenvalue weighted by molar-refractivity contribution is 0.0240. The van der Waals surface area contributed by atoms with Gasteiger partial charge in [-0.3, -0.25) is 4.90 Å². The van der Waals surface area contributed by atoms with E-state index in [1.54, 1.807) is 11.1 Å².